The Morgan fingerprint density at radius 1 is 1.18 bits per heavy atom. The first kappa shape index (κ1) is 23.3. The lowest BCUT2D eigenvalue weighted by atomic mass is 9.99. The summed E-state index contributed by atoms with van der Waals surface area (Å²) in [5.41, 5.74) is -0.263. The number of ketones is 1. The number of benzene rings is 2. The first-order chi connectivity index (χ1) is 15.7. The Morgan fingerprint density at radius 2 is 1.85 bits per heavy atom. The zero-order valence-corrected chi connectivity index (χ0v) is 20.4. The molecule has 1 atom stereocenters. The van der Waals surface area contributed by atoms with Crippen molar-refractivity contribution in [2.45, 2.75) is 19.9 Å². The number of rotatable bonds is 4. The predicted molar refractivity (Wildman–Crippen MR) is 132 cm³/mol. The van der Waals surface area contributed by atoms with Crippen LogP contribution in [0.15, 0.2) is 47.3 Å². The van der Waals surface area contributed by atoms with Gasteiger partial charge in [0, 0.05) is 15.1 Å². The van der Waals surface area contributed by atoms with Crippen LogP contribution < -0.4 is 5.56 Å². The Morgan fingerprint density at radius 3 is 2.48 bits per heavy atom. The van der Waals surface area contributed by atoms with Crippen molar-refractivity contribution in [3.63, 3.8) is 0 Å². The fraction of sp³-hybridized carbons (Fsp3) is 0.125. The SMILES string of the molecule is Cc1c(C(=O)c2sc3cc(Cl)cc(Cl)c3c2Cl)c(O)n(C(C)c2ccccc2)c(=O)c1C#N. The molecule has 0 aliphatic heterocycles. The van der Waals surface area contributed by atoms with Crippen molar-refractivity contribution in [3.8, 4) is 11.9 Å². The fourth-order valence-corrected chi connectivity index (χ4v) is 6.13. The standard InChI is InChI=1S/C24H15Cl3N2O3S/c1-11-15(10-28)23(31)29(12(2)13-6-4-3-5-7-13)24(32)18(11)21(30)22-20(27)19-16(26)8-14(25)9-17(19)33-22/h3-9,12,32H,1-2H3. The van der Waals surface area contributed by atoms with Gasteiger partial charge in [-0.1, -0.05) is 65.1 Å². The van der Waals surface area contributed by atoms with Gasteiger partial charge < -0.3 is 5.11 Å². The normalized spacial score (nSPS) is 12.0. The number of carbonyl (C=O) groups excluding carboxylic acids is 1. The topological polar surface area (TPSA) is 83.1 Å². The molecule has 9 heteroatoms. The predicted octanol–water partition coefficient (Wildman–Crippen LogP) is 6.75. The minimum Gasteiger partial charge on any atom is -0.494 e. The molecule has 2 heterocycles. The highest BCUT2D eigenvalue weighted by Crippen LogP contribution is 2.43. The number of nitrogens with zero attached hydrogens (tertiary/aromatic N) is 2. The molecule has 2 aromatic carbocycles. The molecule has 4 aromatic rings. The van der Waals surface area contributed by atoms with Crippen LogP contribution in [0.3, 0.4) is 0 Å². The summed E-state index contributed by atoms with van der Waals surface area (Å²) in [5, 5.41) is 22.1. The van der Waals surface area contributed by atoms with Gasteiger partial charge in [0.15, 0.2) is 0 Å². The zero-order chi connectivity index (χ0) is 24.0. The van der Waals surface area contributed by atoms with Gasteiger partial charge in [0.05, 0.1) is 26.5 Å². The van der Waals surface area contributed by atoms with Crippen molar-refractivity contribution in [3.05, 3.63) is 95.0 Å². The second-order valence-corrected chi connectivity index (χ2v) is 9.68. The number of pyridine rings is 1. The molecule has 0 aliphatic rings. The lowest BCUT2D eigenvalue weighted by Gasteiger charge is -2.21. The van der Waals surface area contributed by atoms with Crippen LogP contribution in [0.1, 0.15) is 44.9 Å². The summed E-state index contributed by atoms with van der Waals surface area (Å²) >= 11 is 20.0. The lowest BCUT2D eigenvalue weighted by molar-refractivity contribution is 0.103. The summed E-state index contributed by atoms with van der Waals surface area (Å²) in [5.74, 6) is -1.15. The number of halogens is 3. The minimum atomic E-state index is -0.683. The third-order valence-corrected chi connectivity index (χ3v) is 7.64. The molecule has 0 amide bonds. The molecule has 1 unspecified atom stereocenters. The van der Waals surface area contributed by atoms with Gasteiger partial charge in [0.2, 0.25) is 11.7 Å². The van der Waals surface area contributed by atoms with E-state index in [0.717, 1.165) is 21.5 Å². The van der Waals surface area contributed by atoms with E-state index in [9.17, 15) is 20.0 Å². The largest absolute Gasteiger partial charge is 0.494 e. The van der Waals surface area contributed by atoms with E-state index in [-0.39, 0.29) is 26.6 Å². The quantitative estimate of drug-likeness (QED) is 0.304. The Kier molecular flexibility index (Phi) is 6.26. The summed E-state index contributed by atoms with van der Waals surface area (Å²) in [6.07, 6.45) is 0. The molecule has 0 saturated heterocycles. The van der Waals surface area contributed by atoms with Crippen molar-refractivity contribution in [1.29, 1.82) is 5.26 Å². The van der Waals surface area contributed by atoms with Crippen molar-refractivity contribution < 1.29 is 9.90 Å². The second-order valence-electron chi connectivity index (χ2n) is 7.41. The van der Waals surface area contributed by atoms with Crippen LogP contribution in [0.4, 0.5) is 0 Å². The fourth-order valence-electron chi connectivity index (χ4n) is 3.80. The number of nitriles is 1. The van der Waals surface area contributed by atoms with E-state index in [1.165, 1.54) is 13.0 Å². The minimum absolute atomic E-state index is 0.0826. The van der Waals surface area contributed by atoms with Gasteiger partial charge in [0.25, 0.3) is 5.56 Å². The maximum atomic E-state index is 13.6. The van der Waals surface area contributed by atoms with E-state index in [2.05, 4.69) is 0 Å². The van der Waals surface area contributed by atoms with E-state index >= 15 is 0 Å². The smallest absolute Gasteiger partial charge is 0.272 e. The second kappa shape index (κ2) is 8.85. The molecular formula is C24H15Cl3N2O3S. The molecule has 0 saturated carbocycles. The summed E-state index contributed by atoms with van der Waals surface area (Å²) in [7, 11) is 0. The van der Waals surface area contributed by atoms with E-state index < -0.39 is 23.3 Å². The monoisotopic (exact) mass is 516 g/mol. The summed E-state index contributed by atoms with van der Waals surface area (Å²) in [4.78, 5) is 26.8. The third-order valence-electron chi connectivity index (χ3n) is 5.50. The molecule has 5 nitrogen and oxygen atoms in total. The lowest BCUT2D eigenvalue weighted by Crippen LogP contribution is -2.29. The van der Waals surface area contributed by atoms with Crippen molar-refractivity contribution in [2.24, 2.45) is 0 Å². The number of carbonyl (C=O) groups is 1. The van der Waals surface area contributed by atoms with Crippen molar-refractivity contribution >= 4 is 62.0 Å². The van der Waals surface area contributed by atoms with Crippen LogP contribution in [-0.4, -0.2) is 15.5 Å². The van der Waals surface area contributed by atoms with Gasteiger partial charge in [-0.25, -0.2) is 0 Å². The van der Waals surface area contributed by atoms with Gasteiger partial charge in [-0.15, -0.1) is 11.3 Å². The highest BCUT2D eigenvalue weighted by Gasteiger charge is 2.30. The molecule has 0 radical (unpaired) electrons. The number of aromatic nitrogens is 1. The molecule has 166 valence electrons. The van der Waals surface area contributed by atoms with E-state index in [1.807, 2.05) is 12.1 Å². The number of hydrogen-bond acceptors (Lipinski definition) is 5. The number of fused-ring (bicyclic) bond motifs is 1. The molecule has 0 fully saturated rings. The van der Waals surface area contributed by atoms with Crippen molar-refractivity contribution in [1.82, 2.24) is 4.57 Å². The van der Waals surface area contributed by atoms with Crippen LogP contribution >= 0.6 is 46.1 Å². The first-order valence-corrected chi connectivity index (χ1v) is 11.7. The van der Waals surface area contributed by atoms with E-state index in [0.29, 0.717) is 20.1 Å². The average molecular weight is 518 g/mol. The molecular weight excluding hydrogens is 503 g/mol. The third kappa shape index (κ3) is 3.81. The highest BCUT2D eigenvalue weighted by molar-refractivity contribution is 7.22. The number of thiophene rings is 1. The number of hydrogen-bond donors (Lipinski definition) is 1. The van der Waals surface area contributed by atoms with Crippen LogP contribution in [0.2, 0.25) is 15.1 Å². The van der Waals surface area contributed by atoms with Crippen LogP contribution in [0.5, 0.6) is 5.88 Å². The Balaban J connectivity index is 1.99. The summed E-state index contributed by atoms with van der Waals surface area (Å²) in [6.45, 7) is 3.16. The maximum Gasteiger partial charge on any atom is 0.272 e. The zero-order valence-electron chi connectivity index (χ0n) is 17.3. The van der Waals surface area contributed by atoms with Crippen LogP contribution in [0.25, 0.3) is 10.1 Å². The van der Waals surface area contributed by atoms with Crippen molar-refractivity contribution in [2.75, 3.05) is 0 Å². The number of aromatic hydroxyl groups is 1. The molecule has 0 aliphatic carbocycles. The van der Waals surface area contributed by atoms with E-state index in [4.69, 9.17) is 34.8 Å². The van der Waals surface area contributed by atoms with Gasteiger partial charge in [0.1, 0.15) is 11.6 Å². The van der Waals surface area contributed by atoms with Gasteiger partial charge in [-0.05, 0) is 37.1 Å². The first-order valence-electron chi connectivity index (χ1n) is 9.72. The molecule has 33 heavy (non-hydrogen) atoms. The van der Waals surface area contributed by atoms with Crippen LogP contribution in [-0.2, 0) is 0 Å². The van der Waals surface area contributed by atoms with E-state index in [1.54, 1.807) is 37.3 Å². The highest BCUT2D eigenvalue weighted by atomic mass is 35.5. The van der Waals surface area contributed by atoms with Gasteiger partial charge in [-0.2, -0.15) is 5.26 Å². The van der Waals surface area contributed by atoms with Gasteiger partial charge >= 0.3 is 0 Å². The molecule has 0 bridgehead atoms. The molecule has 0 spiro atoms. The average Bonchev–Trinajstić information content (AvgIpc) is 3.10. The molecule has 1 N–H and O–H groups in total. The summed E-state index contributed by atoms with van der Waals surface area (Å²) in [6, 6.07) is 13.4. The van der Waals surface area contributed by atoms with Crippen LogP contribution in [0, 0.1) is 18.3 Å². The van der Waals surface area contributed by atoms with Gasteiger partial charge in [-0.3, -0.25) is 14.2 Å². The molecule has 4 rings (SSSR count). The Hall–Kier alpha value is -2.82. The maximum absolute atomic E-state index is 13.6. The Labute approximate surface area is 208 Å². The Bertz CT molecular complexity index is 1540. The summed E-state index contributed by atoms with van der Waals surface area (Å²) < 4.78 is 1.66. The molecule has 2 aromatic heterocycles.